The maximum atomic E-state index is 14.3. The Kier molecular flexibility index (Phi) is 7.47. The summed E-state index contributed by atoms with van der Waals surface area (Å²) in [5.74, 6) is -0.987. The number of carbonyl (C=O) groups excluding carboxylic acids is 2. The summed E-state index contributed by atoms with van der Waals surface area (Å²) in [4.78, 5) is 27.0. The Bertz CT molecular complexity index is 1890. The summed E-state index contributed by atoms with van der Waals surface area (Å²) in [6, 6.07) is 28.8. The van der Waals surface area contributed by atoms with Gasteiger partial charge in [0.25, 0.3) is 15.9 Å². The highest BCUT2D eigenvalue weighted by atomic mass is 32.2. The second-order valence-electron chi connectivity index (χ2n) is 10.1. The van der Waals surface area contributed by atoms with Crippen LogP contribution in [-0.2, 0) is 10.0 Å². The Hall–Kier alpha value is -4.75. The quantitative estimate of drug-likeness (QED) is 0.160. The van der Waals surface area contributed by atoms with Gasteiger partial charge in [0.15, 0.2) is 0 Å². The van der Waals surface area contributed by atoms with E-state index in [2.05, 4.69) is 0 Å². The molecule has 0 saturated heterocycles. The first-order chi connectivity index (χ1) is 19.6. The predicted molar refractivity (Wildman–Crippen MR) is 161 cm³/mol. The number of esters is 1. The van der Waals surface area contributed by atoms with Gasteiger partial charge in [-0.15, -0.1) is 0 Å². The van der Waals surface area contributed by atoms with Crippen molar-refractivity contribution in [1.29, 1.82) is 0 Å². The molecular weight excluding hydrogens is 534 g/mol. The third-order valence-electron chi connectivity index (χ3n) is 6.90. The Balaban J connectivity index is 1.68. The predicted octanol–water partition coefficient (Wildman–Crippen LogP) is 7.33. The highest BCUT2D eigenvalue weighted by Gasteiger charge is 2.34. The molecule has 0 radical (unpaired) electrons. The fraction of sp³-hybridized carbons (Fsp3) is 0.118. The zero-order valence-electron chi connectivity index (χ0n) is 23.2. The molecule has 0 atom stereocenters. The minimum absolute atomic E-state index is 0.0301. The van der Waals surface area contributed by atoms with Gasteiger partial charge in [-0.3, -0.25) is 4.79 Å². The van der Waals surface area contributed by atoms with Crippen molar-refractivity contribution in [3.63, 3.8) is 0 Å². The van der Waals surface area contributed by atoms with Crippen molar-refractivity contribution < 1.29 is 22.7 Å². The number of rotatable bonds is 6. The number of anilines is 1. The fourth-order valence-corrected chi connectivity index (χ4v) is 6.36. The molecule has 41 heavy (non-hydrogen) atoms. The van der Waals surface area contributed by atoms with Gasteiger partial charge in [-0.2, -0.15) is 4.31 Å². The van der Waals surface area contributed by atoms with Crippen LogP contribution in [0.2, 0.25) is 0 Å². The van der Waals surface area contributed by atoms with Gasteiger partial charge in [-0.05, 0) is 75.7 Å². The molecule has 0 saturated carbocycles. The largest absolute Gasteiger partial charge is 0.422 e. The first kappa shape index (κ1) is 27.8. The fourth-order valence-electron chi connectivity index (χ4n) is 4.72. The average molecular weight is 564 g/mol. The maximum absolute atomic E-state index is 14.3. The second-order valence-corrected chi connectivity index (χ2v) is 11.8. The zero-order chi connectivity index (χ0) is 29.3. The summed E-state index contributed by atoms with van der Waals surface area (Å²) >= 11 is 0. The number of hydrogen-bond donors (Lipinski definition) is 0. The molecule has 5 aromatic carbocycles. The third kappa shape index (κ3) is 5.49. The van der Waals surface area contributed by atoms with Gasteiger partial charge in [0.05, 0.1) is 16.1 Å². The number of carbonyl (C=O) groups is 2. The molecule has 0 heterocycles. The highest BCUT2D eigenvalue weighted by Crippen LogP contribution is 2.38. The Morgan fingerprint density at radius 1 is 0.634 bits per heavy atom. The van der Waals surface area contributed by atoms with Crippen LogP contribution in [0, 0.1) is 27.7 Å². The molecule has 0 spiro atoms. The lowest BCUT2D eigenvalue weighted by molar-refractivity contribution is 0.0736. The number of benzene rings is 5. The van der Waals surface area contributed by atoms with Crippen LogP contribution in [0.3, 0.4) is 0 Å². The van der Waals surface area contributed by atoms with Gasteiger partial charge in [0, 0.05) is 16.3 Å². The molecule has 0 N–H and O–H groups in total. The molecular formula is C34H29NO5S. The number of sulfonamides is 1. The van der Waals surface area contributed by atoms with Gasteiger partial charge < -0.3 is 4.74 Å². The molecule has 0 aliphatic heterocycles. The molecule has 0 bridgehead atoms. The van der Waals surface area contributed by atoms with Crippen molar-refractivity contribution in [3.8, 4) is 5.75 Å². The molecule has 5 rings (SSSR count). The first-order valence-electron chi connectivity index (χ1n) is 13.1. The summed E-state index contributed by atoms with van der Waals surface area (Å²) in [6.07, 6.45) is 0. The number of amides is 1. The summed E-state index contributed by atoms with van der Waals surface area (Å²) in [5.41, 5.74) is 4.15. The van der Waals surface area contributed by atoms with Crippen molar-refractivity contribution in [1.82, 2.24) is 0 Å². The maximum Gasteiger partial charge on any atom is 0.343 e. The van der Waals surface area contributed by atoms with E-state index in [4.69, 9.17) is 4.74 Å². The summed E-state index contributed by atoms with van der Waals surface area (Å²) < 4.78 is 35.2. The Morgan fingerprint density at radius 2 is 1.20 bits per heavy atom. The van der Waals surface area contributed by atoms with E-state index in [-0.39, 0.29) is 21.9 Å². The molecule has 206 valence electrons. The summed E-state index contributed by atoms with van der Waals surface area (Å²) in [6.45, 7) is 7.41. The van der Waals surface area contributed by atoms with E-state index in [1.807, 2.05) is 32.9 Å². The van der Waals surface area contributed by atoms with Crippen LogP contribution in [0.5, 0.6) is 5.75 Å². The van der Waals surface area contributed by atoms with E-state index in [1.165, 1.54) is 18.2 Å². The molecule has 5 aromatic rings. The monoisotopic (exact) mass is 563 g/mol. The first-order valence-corrected chi connectivity index (χ1v) is 14.5. The van der Waals surface area contributed by atoms with E-state index in [0.717, 1.165) is 21.0 Å². The van der Waals surface area contributed by atoms with Gasteiger partial charge >= 0.3 is 5.97 Å². The molecule has 0 aliphatic carbocycles. The molecule has 7 heteroatoms. The lowest BCUT2D eigenvalue weighted by Gasteiger charge is -2.25. The van der Waals surface area contributed by atoms with Crippen molar-refractivity contribution in [2.75, 3.05) is 4.31 Å². The average Bonchev–Trinajstić information content (AvgIpc) is 2.94. The number of aryl methyl sites for hydroxylation is 4. The van der Waals surface area contributed by atoms with Crippen LogP contribution in [0.25, 0.3) is 10.8 Å². The zero-order valence-corrected chi connectivity index (χ0v) is 24.0. The van der Waals surface area contributed by atoms with Crippen LogP contribution >= 0.6 is 0 Å². The van der Waals surface area contributed by atoms with Crippen molar-refractivity contribution >= 4 is 38.4 Å². The number of hydrogen-bond acceptors (Lipinski definition) is 5. The standard InChI is InChI=1S/C34H29NO5S/c1-22-9-14-26(15-10-22)33(36)35(41(38,39)32-20-13-24(3)21-25(32)4)30-18-19-31(29-8-6-5-7-28(29)30)40-34(37)27-16-11-23(2)12-17-27/h5-21H,1-4H3. The van der Waals surface area contributed by atoms with Gasteiger partial charge in [0.1, 0.15) is 5.75 Å². The molecule has 0 aliphatic rings. The molecule has 0 aromatic heterocycles. The topological polar surface area (TPSA) is 80.8 Å². The van der Waals surface area contributed by atoms with Gasteiger partial charge in [-0.25, -0.2) is 13.2 Å². The van der Waals surface area contributed by atoms with Crippen molar-refractivity contribution in [2.24, 2.45) is 0 Å². The van der Waals surface area contributed by atoms with Crippen molar-refractivity contribution in [2.45, 2.75) is 32.6 Å². The van der Waals surface area contributed by atoms with E-state index in [0.29, 0.717) is 21.9 Å². The lowest BCUT2D eigenvalue weighted by Crippen LogP contribution is -2.37. The summed E-state index contributed by atoms with van der Waals surface area (Å²) in [7, 11) is -4.36. The number of nitrogens with zero attached hydrogens (tertiary/aromatic N) is 1. The second kappa shape index (κ2) is 11.0. The van der Waals surface area contributed by atoms with Crippen molar-refractivity contribution in [3.05, 3.63) is 137 Å². The lowest BCUT2D eigenvalue weighted by atomic mass is 10.1. The van der Waals surface area contributed by atoms with Gasteiger partial charge in [-0.1, -0.05) is 77.4 Å². The molecule has 0 unspecified atom stereocenters. The van der Waals surface area contributed by atoms with Crippen LogP contribution in [-0.4, -0.2) is 20.3 Å². The molecule has 0 fully saturated rings. The molecule has 6 nitrogen and oxygen atoms in total. The Morgan fingerprint density at radius 3 is 1.80 bits per heavy atom. The smallest absolute Gasteiger partial charge is 0.343 e. The normalized spacial score (nSPS) is 11.3. The van der Waals surface area contributed by atoms with E-state index in [9.17, 15) is 18.0 Å². The number of ether oxygens (including phenoxy) is 1. The third-order valence-corrected chi connectivity index (χ3v) is 8.76. The number of fused-ring (bicyclic) bond motifs is 1. The summed E-state index contributed by atoms with van der Waals surface area (Å²) in [5, 5.41) is 0.929. The van der Waals surface area contributed by atoms with E-state index in [1.54, 1.807) is 79.7 Å². The molecule has 1 amide bonds. The minimum atomic E-state index is -4.36. The van der Waals surface area contributed by atoms with E-state index >= 15 is 0 Å². The minimum Gasteiger partial charge on any atom is -0.422 e. The van der Waals surface area contributed by atoms with E-state index < -0.39 is 21.9 Å². The van der Waals surface area contributed by atoms with Crippen LogP contribution in [0.1, 0.15) is 43.0 Å². The van der Waals surface area contributed by atoms with Gasteiger partial charge in [0.2, 0.25) is 0 Å². The Labute approximate surface area is 239 Å². The van der Waals surface area contributed by atoms with Crippen LogP contribution < -0.4 is 9.04 Å². The van der Waals surface area contributed by atoms with Crippen LogP contribution in [0.15, 0.2) is 108 Å². The van der Waals surface area contributed by atoms with Crippen LogP contribution in [0.4, 0.5) is 5.69 Å². The highest BCUT2D eigenvalue weighted by molar-refractivity contribution is 7.93. The SMILES string of the molecule is Cc1ccc(C(=O)Oc2ccc(N(C(=O)c3ccc(C)cc3)S(=O)(=O)c3ccc(C)cc3C)c3ccccc23)cc1.